The highest BCUT2D eigenvalue weighted by Gasteiger charge is 2.42. The number of nitrogens with one attached hydrogen (secondary N) is 1. The molecule has 0 radical (unpaired) electrons. The van der Waals surface area contributed by atoms with Gasteiger partial charge in [-0.05, 0) is 25.2 Å². The van der Waals surface area contributed by atoms with E-state index < -0.39 is 10.0 Å². The fourth-order valence-corrected chi connectivity index (χ4v) is 4.84. The number of hydrogen-bond donors (Lipinski definition) is 1. The van der Waals surface area contributed by atoms with Crippen molar-refractivity contribution in [1.82, 2.24) is 9.71 Å². The van der Waals surface area contributed by atoms with Crippen LogP contribution in [0.4, 0.5) is 0 Å². The quantitative estimate of drug-likeness (QED) is 0.918. The first kappa shape index (κ1) is 12.8. The number of halogens is 1. The summed E-state index contributed by atoms with van der Waals surface area (Å²) in [5.74, 6) is 0.519. The van der Waals surface area contributed by atoms with E-state index in [0.717, 1.165) is 30.6 Å². The van der Waals surface area contributed by atoms with Gasteiger partial charge in [0.2, 0.25) is 0 Å². The predicted octanol–water partition coefficient (Wildman–Crippen LogP) is 1.64. The van der Waals surface area contributed by atoms with Gasteiger partial charge in [-0.3, -0.25) is 0 Å². The van der Waals surface area contributed by atoms with Crippen molar-refractivity contribution in [2.45, 2.75) is 35.6 Å². The molecule has 18 heavy (non-hydrogen) atoms. The second kappa shape index (κ2) is 4.72. The van der Waals surface area contributed by atoms with Crippen molar-refractivity contribution in [3.05, 3.63) is 10.7 Å². The fourth-order valence-electron chi connectivity index (χ4n) is 2.25. The summed E-state index contributed by atoms with van der Waals surface area (Å²) in [6.07, 6.45) is 4.32. The first-order valence-electron chi connectivity index (χ1n) is 5.81. The average molecular weight is 309 g/mol. The highest BCUT2D eigenvalue weighted by molar-refractivity contribution is 7.91. The van der Waals surface area contributed by atoms with Crippen molar-refractivity contribution in [3.63, 3.8) is 0 Å². The second-order valence-electron chi connectivity index (χ2n) is 4.62. The van der Waals surface area contributed by atoms with Crippen LogP contribution >= 0.6 is 22.9 Å². The normalized spacial score (nSPS) is 28.7. The number of ether oxygens (including phenoxy) is 1. The topological polar surface area (TPSA) is 68.3 Å². The molecule has 1 aromatic heterocycles. The van der Waals surface area contributed by atoms with Crippen LogP contribution in [0.15, 0.2) is 10.4 Å². The molecule has 1 saturated carbocycles. The minimum Gasteiger partial charge on any atom is -0.376 e. The Morgan fingerprint density at radius 2 is 2.22 bits per heavy atom. The van der Waals surface area contributed by atoms with E-state index in [9.17, 15) is 8.42 Å². The number of aromatic nitrogens is 1. The molecule has 1 saturated heterocycles. The largest absolute Gasteiger partial charge is 0.376 e. The zero-order valence-electron chi connectivity index (χ0n) is 9.50. The van der Waals surface area contributed by atoms with E-state index in [1.165, 1.54) is 6.20 Å². The monoisotopic (exact) mass is 308 g/mol. The van der Waals surface area contributed by atoms with Crippen molar-refractivity contribution in [2.75, 3.05) is 6.61 Å². The number of hydrogen-bond acceptors (Lipinski definition) is 5. The zero-order valence-corrected chi connectivity index (χ0v) is 11.9. The molecule has 1 N–H and O–H groups in total. The molecule has 1 aliphatic heterocycles. The van der Waals surface area contributed by atoms with E-state index in [4.69, 9.17) is 16.3 Å². The van der Waals surface area contributed by atoms with Gasteiger partial charge in [0, 0.05) is 6.61 Å². The summed E-state index contributed by atoms with van der Waals surface area (Å²) in [6.45, 7) is 0.623. The van der Waals surface area contributed by atoms with Crippen LogP contribution in [0.3, 0.4) is 0 Å². The van der Waals surface area contributed by atoms with Crippen molar-refractivity contribution >= 4 is 33.0 Å². The Labute approximate surface area is 115 Å². The highest BCUT2D eigenvalue weighted by atomic mass is 35.5. The number of thiazole rings is 1. The molecule has 0 spiro atoms. The van der Waals surface area contributed by atoms with E-state index in [2.05, 4.69) is 9.71 Å². The second-order valence-corrected chi connectivity index (χ2v) is 8.18. The van der Waals surface area contributed by atoms with Crippen LogP contribution in [0.5, 0.6) is 0 Å². The molecule has 2 atom stereocenters. The molecule has 0 bridgehead atoms. The zero-order chi connectivity index (χ0) is 12.8. The van der Waals surface area contributed by atoms with Gasteiger partial charge in [-0.2, -0.15) is 0 Å². The van der Waals surface area contributed by atoms with Gasteiger partial charge in [-0.25, -0.2) is 18.1 Å². The summed E-state index contributed by atoms with van der Waals surface area (Å²) < 4.78 is 33.0. The molecule has 0 aromatic carbocycles. The van der Waals surface area contributed by atoms with Gasteiger partial charge in [0.05, 0.1) is 18.3 Å². The summed E-state index contributed by atoms with van der Waals surface area (Å²) in [5.41, 5.74) is 0. The molecule has 5 nitrogen and oxygen atoms in total. The highest BCUT2D eigenvalue weighted by Crippen LogP contribution is 2.39. The number of sulfonamides is 1. The minimum atomic E-state index is -3.52. The molecular formula is C10H13ClN2O3S2. The molecule has 1 aromatic rings. The van der Waals surface area contributed by atoms with Crippen LogP contribution in [0.1, 0.15) is 19.3 Å². The van der Waals surface area contributed by atoms with Crippen LogP contribution in [0.25, 0.3) is 0 Å². The van der Waals surface area contributed by atoms with Crippen LogP contribution in [-0.4, -0.2) is 32.2 Å². The minimum absolute atomic E-state index is 0.0307. The maximum atomic E-state index is 12.1. The van der Waals surface area contributed by atoms with E-state index in [0.29, 0.717) is 12.5 Å². The Morgan fingerprint density at radius 3 is 2.83 bits per heavy atom. The predicted molar refractivity (Wildman–Crippen MR) is 68.3 cm³/mol. The van der Waals surface area contributed by atoms with Gasteiger partial charge >= 0.3 is 0 Å². The summed E-state index contributed by atoms with van der Waals surface area (Å²) in [7, 11) is -3.52. The third-order valence-corrected chi connectivity index (χ3v) is 6.32. The number of nitrogens with zero attached hydrogens (tertiary/aromatic N) is 1. The molecule has 100 valence electrons. The van der Waals surface area contributed by atoms with Gasteiger partial charge in [-0.1, -0.05) is 22.9 Å². The fraction of sp³-hybridized carbons (Fsp3) is 0.700. The summed E-state index contributed by atoms with van der Waals surface area (Å²) in [5, 5.41) is 0. The lowest BCUT2D eigenvalue weighted by atomic mass is 10.1. The van der Waals surface area contributed by atoms with E-state index in [1.54, 1.807) is 0 Å². The third kappa shape index (κ3) is 2.55. The summed E-state index contributed by atoms with van der Waals surface area (Å²) >= 11 is 6.63. The average Bonchev–Trinajstić information content (AvgIpc) is 2.88. The van der Waals surface area contributed by atoms with E-state index in [-0.39, 0.29) is 20.8 Å². The third-order valence-electron chi connectivity index (χ3n) is 3.25. The molecule has 2 unspecified atom stereocenters. The van der Waals surface area contributed by atoms with Crippen molar-refractivity contribution < 1.29 is 13.2 Å². The molecule has 2 aliphatic rings. The van der Waals surface area contributed by atoms with Gasteiger partial charge < -0.3 is 4.74 Å². The van der Waals surface area contributed by atoms with E-state index in [1.807, 2.05) is 0 Å². The first-order chi connectivity index (χ1) is 8.56. The van der Waals surface area contributed by atoms with Crippen LogP contribution < -0.4 is 4.72 Å². The lowest BCUT2D eigenvalue weighted by molar-refractivity contribution is 0.0848. The van der Waals surface area contributed by atoms with E-state index >= 15 is 0 Å². The first-order valence-corrected chi connectivity index (χ1v) is 8.49. The molecule has 3 rings (SSSR count). The standard InChI is InChI=1S/C10H13ClN2O3S2/c11-10-12-5-8(17-10)18(14,15)13-7-3-4-16-9(7)6-1-2-6/h5-7,9,13H,1-4H2. The Kier molecular flexibility index (Phi) is 3.36. The lowest BCUT2D eigenvalue weighted by Gasteiger charge is -2.18. The maximum absolute atomic E-state index is 12.1. The van der Waals surface area contributed by atoms with Gasteiger partial charge in [-0.15, -0.1) is 0 Å². The lowest BCUT2D eigenvalue weighted by Crippen LogP contribution is -2.41. The SMILES string of the molecule is O=S(=O)(NC1CCOC1C1CC1)c1cnc(Cl)s1. The van der Waals surface area contributed by atoms with Gasteiger partial charge in [0.1, 0.15) is 0 Å². The van der Waals surface area contributed by atoms with Crippen molar-refractivity contribution in [2.24, 2.45) is 5.92 Å². The molecular weight excluding hydrogens is 296 g/mol. The van der Waals surface area contributed by atoms with Gasteiger partial charge in [0.25, 0.3) is 10.0 Å². The van der Waals surface area contributed by atoms with Crippen molar-refractivity contribution in [3.8, 4) is 0 Å². The molecule has 0 amide bonds. The molecule has 2 fully saturated rings. The Balaban J connectivity index is 1.75. The summed E-state index contributed by atoms with van der Waals surface area (Å²) in [4.78, 5) is 3.76. The van der Waals surface area contributed by atoms with Crippen LogP contribution in [0, 0.1) is 5.92 Å². The van der Waals surface area contributed by atoms with Crippen LogP contribution in [-0.2, 0) is 14.8 Å². The smallest absolute Gasteiger partial charge is 0.252 e. The van der Waals surface area contributed by atoms with Gasteiger partial charge in [0.15, 0.2) is 8.68 Å². The number of rotatable bonds is 4. The van der Waals surface area contributed by atoms with Crippen molar-refractivity contribution in [1.29, 1.82) is 0 Å². The molecule has 1 aliphatic carbocycles. The summed E-state index contributed by atoms with van der Waals surface area (Å²) in [6, 6.07) is -0.122. The van der Waals surface area contributed by atoms with Crippen LogP contribution in [0.2, 0.25) is 4.47 Å². The Hall–Kier alpha value is -0.210. The molecule has 2 heterocycles. The Bertz CT molecular complexity index is 541. The maximum Gasteiger partial charge on any atom is 0.252 e. The molecule has 8 heteroatoms. The Morgan fingerprint density at radius 1 is 1.44 bits per heavy atom.